The molecule has 0 fully saturated rings. The van der Waals surface area contributed by atoms with Crippen molar-refractivity contribution in [3.63, 3.8) is 0 Å². The first-order valence-electron chi connectivity index (χ1n) is 4.61. The molecule has 1 heteroatoms. The highest BCUT2D eigenvalue weighted by Gasteiger charge is 2.19. The number of hydrogen-bond acceptors (Lipinski definition) is 0. The van der Waals surface area contributed by atoms with Crippen molar-refractivity contribution in [2.24, 2.45) is 0 Å². The van der Waals surface area contributed by atoms with Crippen molar-refractivity contribution in [2.75, 3.05) is 0 Å². The molecule has 1 rings (SSSR count). The van der Waals surface area contributed by atoms with Crippen LogP contribution in [0.2, 0.25) is 0 Å². The molecule has 0 aliphatic rings. The smallest absolute Gasteiger partial charge is 0.0419 e. The molecule has 0 atom stereocenters. The van der Waals surface area contributed by atoms with Gasteiger partial charge in [-0.05, 0) is 42.0 Å². The Morgan fingerprint density at radius 2 is 1.62 bits per heavy atom. The van der Waals surface area contributed by atoms with Crippen LogP contribution in [-0.2, 0) is 5.41 Å². The lowest BCUT2D eigenvalue weighted by Crippen LogP contribution is -2.14. The molecule has 0 aliphatic carbocycles. The van der Waals surface area contributed by atoms with Gasteiger partial charge in [0.05, 0.1) is 0 Å². The third kappa shape index (κ3) is 2.22. The molecule has 0 aliphatic heterocycles. The zero-order chi connectivity index (χ0) is 10.2. The van der Waals surface area contributed by atoms with Gasteiger partial charge in [-0.3, -0.25) is 0 Å². The van der Waals surface area contributed by atoms with E-state index >= 15 is 0 Å². The zero-order valence-electron chi connectivity index (χ0n) is 9.06. The maximum Gasteiger partial charge on any atom is 0.0419 e. The summed E-state index contributed by atoms with van der Waals surface area (Å²) in [5.74, 6) is 0. The zero-order valence-corrected chi connectivity index (χ0v) is 9.88. The van der Waals surface area contributed by atoms with E-state index in [1.54, 1.807) is 0 Å². The maximum atomic E-state index is 5.38. The van der Waals surface area contributed by atoms with E-state index in [9.17, 15) is 0 Å². The third-order valence-electron chi connectivity index (χ3n) is 2.19. The molecule has 0 bridgehead atoms. The van der Waals surface area contributed by atoms with Gasteiger partial charge >= 0.3 is 0 Å². The minimum absolute atomic E-state index is 0.162. The Morgan fingerprint density at radius 3 is 2.00 bits per heavy atom. The first-order valence-corrected chi connectivity index (χ1v) is 5.02. The van der Waals surface area contributed by atoms with Gasteiger partial charge in [0.25, 0.3) is 0 Å². The molecule has 0 saturated carbocycles. The highest BCUT2D eigenvalue weighted by molar-refractivity contribution is 7.80. The fraction of sp³-hybridized carbons (Fsp3) is 0.500. The molecule has 0 spiro atoms. The summed E-state index contributed by atoms with van der Waals surface area (Å²) in [7, 11) is 0. The number of benzene rings is 1. The highest BCUT2D eigenvalue weighted by atomic mass is 32.1. The Hall–Kier alpha value is -0.560. The predicted molar refractivity (Wildman–Crippen MR) is 60.5 cm³/mol. The van der Waals surface area contributed by atoms with Crippen LogP contribution in [0.4, 0.5) is 0 Å². The van der Waals surface area contributed by atoms with Crippen molar-refractivity contribution in [1.29, 1.82) is 0 Å². The van der Waals surface area contributed by atoms with Crippen molar-refractivity contribution in [2.45, 2.75) is 44.9 Å². The molecule has 0 N–H and O–H groups in total. The monoisotopic (exact) mass is 193 g/mol. The van der Waals surface area contributed by atoms with Crippen LogP contribution < -0.4 is 0 Å². The fourth-order valence-electron chi connectivity index (χ4n) is 1.89. The lowest BCUT2D eigenvalue weighted by Gasteiger charge is -2.23. The SMILES string of the molecule is Cc1cc(C)c(C(C)(C)C)c([S])c1. The summed E-state index contributed by atoms with van der Waals surface area (Å²) in [6.07, 6.45) is 0. The molecule has 0 aromatic heterocycles. The van der Waals surface area contributed by atoms with E-state index in [1.165, 1.54) is 16.7 Å². The summed E-state index contributed by atoms with van der Waals surface area (Å²) in [5, 5.41) is 0. The van der Waals surface area contributed by atoms with Gasteiger partial charge in [-0.1, -0.05) is 39.5 Å². The van der Waals surface area contributed by atoms with Crippen molar-refractivity contribution in [3.8, 4) is 0 Å². The second-order valence-corrected chi connectivity index (χ2v) is 5.14. The molecule has 1 aromatic carbocycles. The average Bonchev–Trinajstić information content (AvgIpc) is 1.78. The van der Waals surface area contributed by atoms with Crippen LogP contribution in [0.1, 0.15) is 37.5 Å². The highest BCUT2D eigenvalue weighted by Crippen LogP contribution is 2.31. The molecule has 13 heavy (non-hydrogen) atoms. The van der Waals surface area contributed by atoms with Gasteiger partial charge in [0, 0.05) is 4.90 Å². The van der Waals surface area contributed by atoms with E-state index in [4.69, 9.17) is 12.6 Å². The van der Waals surface area contributed by atoms with E-state index in [-0.39, 0.29) is 5.41 Å². The maximum absolute atomic E-state index is 5.38. The number of hydrogen-bond donors (Lipinski definition) is 0. The van der Waals surface area contributed by atoms with Gasteiger partial charge in [-0.25, -0.2) is 0 Å². The van der Waals surface area contributed by atoms with Crippen molar-refractivity contribution in [3.05, 3.63) is 28.8 Å². The normalized spacial score (nSPS) is 11.8. The summed E-state index contributed by atoms with van der Waals surface area (Å²) in [6.45, 7) is 10.9. The van der Waals surface area contributed by atoms with Crippen LogP contribution in [0, 0.1) is 13.8 Å². The summed E-state index contributed by atoms with van der Waals surface area (Å²) >= 11 is 5.38. The van der Waals surface area contributed by atoms with Crippen LogP contribution in [0.3, 0.4) is 0 Å². The van der Waals surface area contributed by atoms with Crippen LogP contribution in [0.25, 0.3) is 0 Å². The first-order chi connectivity index (χ1) is 5.82. The first kappa shape index (κ1) is 10.5. The largest absolute Gasteiger partial charge is 0.0798 e. The van der Waals surface area contributed by atoms with Crippen LogP contribution in [0.15, 0.2) is 17.0 Å². The molecule has 1 radical (unpaired) electrons. The molecule has 71 valence electrons. The van der Waals surface area contributed by atoms with E-state index in [2.05, 4.69) is 46.8 Å². The third-order valence-corrected chi connectivity index (χ3v) is 2.52. The molecule has 1 aromatic rings. The summed E-state index contributed by atoms with van der Waals surface area (Å²) in [6, 6.07) is 4.29. The topological polar surface area (TPSA) is 0 Å². The fourth-order valence-corrected chi connectivity index (χ4v) is 2.54. The van der Waals surface area contributed by atoms with Gasteiger partial charge in [0.15, 0.2) is 0 Å². The lowest BCUT2D eigenvalue weighted by atomic mass is 9.83. The van der Waals surface area contributed by atoms with Crippen molar-refractivity contribution in [1.82, 2.24) is 0 Å². The minimum atomic E-state index is 0.162. The van der Waals surface area contributed by atoms with E-state index in [1.807, 2.05) is 0 Å². The van der Waals surface area contributed by atoms with Gasteiger partial charge in [0.1, 0.15) is 0 Å². The molecule has 0 amide bonds. The predicted octanol–water partition coefficient (Wildman–Crippen LogP) is 4.16. The molecule has 0 nitrogen and oxygen atoms in total. The molecular formula is C12H17S. The van der Waals surface area contributed by atoms with Crippen molar-refractivity contribution < 1.29 is 0 Å². The van der Waals surface area contributed by atoms with Gasteiger partial charge < -0.3 is 0 Å². The van der Waals surface area contributed by atoms with E-state index in [0.29, 0.717) is 0 Å². The number of aryl methyl sites for hydroxylation is 2. The summed E-state index contributed by atoms with van der Waals surface area (Å²) in [5.41, 5.74) is 4.05. The molecular weight excluding hydrogens is 176 g/mol. The Morgan fingerprint density at radius 1 is 1.08 bits per heavy atom. The molecule has 0 unspecified atom stereocenters. The van der Waals surface area contributed by atoms with Crippen LogP contribution >= 0.6 is 12.6 Å². The van der Waals surface area contributed by atoms with E-state index < -0.39 is 0 Å². The van der Waals surface area contributed by atoms with Gasteiger partial charge in [0.2, 0.25) is 0 Å². The lowest BCUT2D eigenvalue weighted by molar-refractivity contribution is 0.573. The minimum Gasteiger partial charge on any atom is -0.0798 e. The summed E-state index contributed by atoms with van der Waals surface area (Å²) in [4.78, 5) is 1.00. The van der Waals surface area contributed by atoms with Gasteiger partial charge in [-0.2, -0.15) is 0 Å². The van der Waals surface area contributed by atoms with Crippen LogP contribution in [0.5, 0.6) is 0 Å². The van der Waals surface area contributed by atoms with E-state index in [0.717, 1.165) is 4.90 Å². The van der Waals surface area contributed by atoms with Crippen LogP contribution in [-0.4, -0.2) is 0 Å². The number of rotatable bonds is 0. The van der Waals surface area contributed by atoms with Crippen molar-refractivity contribution >= 4 is 12.6 Å². The Balaban J connectivity index is 3.38. The molecule has 0 saturated heterocycles. The second-order valence-electron chi connectivity index (χ2n) is 4.70. The Labute approximate surface area is 86.8 Å². The van der Waals surface area contributed by atoms with Gasteiger partial charge in [-0.15, -0.1) is 0 Å². The quantitative estimate of drug-likeness (QED) is 0.580. The Bertz CT molecular complexity index is 295. The summed E-state index contributed by atoms with van der Waals surface area (Å²) < 4.78 is 0. The average molecular weight is 193 g/mol. The Kier molecular flexibility index (Phi) is 2.67. The standard InChI is InChI=1S/C12H17S/c1-8-6-9(2)11(10(13)7-8)12(3,4)5/h6-7H,1-5H3. The second kappa shape index (κ2) is 3.30. The molecule has 0 heterocycles.